The molecule has 0 saturated heterocycles. The van der Waals surface area contributed by atoms with Gasteiger partial charge in [0.15, 0.2) is 5.13 Å². The lowest BCUT2D eigenvalue weighted by Crippen LogP contribution is -1.85. The summed E-state index contributed by atoms with van der Waals surface area (Å²) in [5, 5.41) is 0.616. The maximum absolute atomic E-state index is 5.72. The molecule has 0 aliphatic carbocycles. The van der Waals surface area contributed by atoms with Crippen LogP contribution in [0.5, 0.6) is 0 Å². The van der Waals surface area contributed by atoms with Crippen LogP contribution in [0, 0.1) is 0 Å². The Morgan fingerprint density at radius 1 is 1.33 bits per heavy atom. The van der Waals surface area contributed by atoms with Crippen LogP contribution < -0.4 is 5.73 Å². The number of aromatic nitrogens is 1. The fourth-order valence-electron chi connectivity index (χ4n) is 1.46. The summed E-state index contributed by atoms with van der Waals surface area (Å²) in [6.45, 7) is 3.74. The van der Waals surface area contributed by atoms with Gasteiger partial charge in [-0.15, -0.1) is 17.9 Å². The second-order valence-electron chi connectivity index (χ2n) is 3.18. The SMILES string of the molecule is C=CCc1sc(N)nc1-c1ccccc1. The van der Waals surface area contributed by atoms with Crippen LogP contribution in [0.2, 0.25) is 0 Å². The number of anilines is 1. The first kappa shape index (κ1) is 9.93. The lowest BCUT2D eigenvalue weighted by molar-refractivity contribution is 1.30. The summed E-state index contributed by atoms with van der Waals surface area (Å²) in [7, 11) is 0. The van der Waals surface area contributed by atoms with Gasteiger partial charge in [0.1, 0.15) is 0 Å². The molecule has 1 heterocycles. The van der Waals surface area contributed by atoms with Crippen molar-refractivity contribution in [2.45, 2.75) is 6.42 Å². The van der Waals surface area contributed by atoms with Crippen molar-refractivity contribution in [1.29, 1.82) is 0 Å². The molecule has 0 aliphatic rings. The van der Waals surface area contributed by atoms with E-state index in [-0.39, 0.29) is 0 Å². The molecule has 15 heavy (non-hydrogen) atoms. The molecule has 0 bridgehead atoms. The smallest absolute Gasteiger partial charge is 0.180 e. The molecule has 0 aliphatic heterocycles. The Balaban J connectivity index is 2.47. The van der Waals surface area contributed by atoms with Crippen LogP contribution in [-0.2, 0) is 6.42 Å². The minimum absolute atomic E-state index is 0.616. The van der Waals surface area contributed by atoms with Gasteiger partial charge in [0.05, 0.1) is 5.69 Å². The molecule has 0 unspecified atom stereocenters. The van der Waals surface area contributed by atoms with Crippen LogP contribution in [0.1, 0.15) is 4.88 Å². The monoisotopic (exact) mass is 216 g/mol. The molecule has 2 rings (SSSR count). The Morgan fingerprint density at radius 2 is 2.07 bits per heavy atom. The number of hydrogen-bond acceptors (Lipinski definition) is 3. The van der Waals surface area contributed by atoms with E-state index in [4.69, 9.17) is 5.73 Å². The minimum Gasteiger partial charge on any atom is -0.375 e. The van der Waals surface area contributed by atoms with Crippen LogP contribution in [0.4, 0.5) is 5.13 Å². The zero-order valence-corrected chi connectivity index (χ0v) is 9.13. The molecule has 1 aromatic heterocycles. The van der Waals surface area contributed by atoms with Gasteiger partial charge in [0, 0.05) is 16.9 Å². The largest absolute Gasteiger partial charge is 0.375 e. The predicted octanol–water partition coefficient (Wildman–Crippen LogP) is 3.12. The van der Waals surface area contributed by atoms with Crippen molar-refractivity contribution in [3.8, 4) is 11.3 Å². The van der Waals surface area contributed by atoms with E-state index in [0.717, 1.165) is 17.7 Å². The summed E-state index contributed by atoms with van der Waals surface area (Å²) < 4.78 is 0. The van der Waals surface area contributed by atoms with E-state index in [1.54, 1.807) is 0 Å². The average molecular weight is 216 g/mol. The number of nitrogens with zero attached hydrogens (tertiary/aromatic N) is 1. The van der Waals surface area contributed by atoms with Crippen molar-refractivity contribution in [3.63, 3.8) is 0 Å². The molecular weight excluding hydrogens is 204 g/mol. The van der Waals surface area contributed by atoms with Crippen molar-refractivity contribution in [1.82, 2.24) is 4.98 Å². The highest BCUT2D eigenvalue weighted by molar-refractivity contribution is 7.15. The molecule has 3 heteroatoms. The fourth-order valence-corrected chi connectivity index (χ4v) is 2.31. The first-order valence-electron chi connectivity index (χ1n) is 4.72. The quantitative estimate of drug-likeness (QED) is 0.801. The minimum atomic E-state index is 0.616. The number of nitrogen functional groups attached to an aromatic ring is 1. The van der Waals surface area contributed by atoms with Gasteiger partial charge in [0.25, 0.3) is 0 Å². The number of rotatable bonds is 3. The van der Waals surface area contributed by atoms with E-state index in [1.807, 2.05) is 36.4 Å². The zero-order valence-electron chi connectivity index (χ0n) is 8.31. The summed E-state index contributed by atoms with van der Waals surface area (Å²) in [6, 6.07) is 10.1. The number of benzene rings is 1. The molecule has 2 nitrogen and oxygen atoms in total. The number of nitrogens with two attached hydrogens (primary N) is 1. The van der Waals surface area contributed by atoms with Crippen molar-refractivity contribution >= 4 is 16.5 Å². The van der Waals surface area contributed by atoms with Gasteiger partial charge in [-0.25, -0.2) is 4.98 Å². The van der Waals surface area contributed by atoms with E-state index in [0.29, 0.717) is 5.13 Å². The second kappa shape index (κ2) is 4.28. The summed E-state index contributed by atoms with van der Waals surface area (Å²) in [5.74, 6) is 0. The standard InChI is InChI=1S/C12H12N2S/c1-2-6-10-11(14-12(13)15-10)9-7-4-3-5-8-9/h2-5,7-8H,1,6H2,(H2,13,14). The first-order valence-corrected chi connectivity index (χ1v) is 5.54. The topological polar surface area (TPSA) is 38.9 Å². The van der Waals surface area contributed by atoms with Gasteiger partial charge in [-0.1, -0.05) is 36.4 Å². The molecule has 0 amide bonds. The van der Waals surface area contributed by atoms with E-state index in [1.165, 1.54) is 16.2 Å². The van der Waals surface area contributed by atoms with Gasteiger partial charge in [-0.2, -0.15) is 0 Å². The van der Waals surface area contributed by atoms with Gasteiger partial charge in [0.2, 0.25) is 0 Å². The predicted molar refractivity (Wildman–Crippen MR) is 65.9 cm³/mol. The average Bonchev–Trinajstić information content (AvgIpc) is 2.62. The molecule has 2 N–H and O–H groups in total. The van der Waals surface area contributed by atoms with Gasteiger partial charge >= 0.3 is 0 Å². The highest BCUT2D eigenvalue weighted by atomic mass is 32.1. The summed E-state index contributed by atoms with van der Waals surface area (Å²) >= 11 is 1.53. The van der Waals surface area contributed by atoms with E-state index < -0.39 is 0 Å². The lowest BCUT2D eigenvalue weighted by Gasteiger charge is -1.98. The highest BCUT2D eigenvalue weighted by Gasteiger charge is 2.09. The third-order valence-electron chi connectivity index (χ3n) is 2.09. The molecule has 1 aromatic carbocycles. The molecule has 0 fully saturated rings. The van der Waals surface area contributed by atoms with Gasteiger partial charge in [-0.05, 0) is 0 Å². The van der Waals surface area contributed by atoms with Crippen molar-refractivity contribution < 1.29 is 0 Å². The molecule has 2 aromatic rings. The van der Waals surface area contributed by atoms with Crippen molar-refractivity contribution in [2.75, 3.05) is 5.73 Å². The number of hydrogen-bond donors (Lipinski definition) is 1. The normalized spacial score (nSPS) is 10.1. The molecule has 76 valence electrons. The van der Waals surface area contributed by atoms with Gasteiger partial charge < -0.3 is 5.73 Å². The van der Waals surface area contributed by atoms with Gasteiger partial charge in [-0.3, -0.25) is 0 Å². The lowest BCUT2D eigenvalue weighted by atomic mass is 10.1. The summed E-state index contributed by atoms with van der Waals surface area (Å²) in [4.78, 5) is 5.52. The van der Waals surface area contributed by atoms with E-state index in [9.17, 15) is 0 Å². The first-order chi connectivity index (χ1) is 7.31. The number of thiazole rings is 1. The number of allylic oxidation sites excluding steroid dienone is 1. The second-order valence-corrected chi connectivity index (χ2v) is 4.30. The van der Waals surface area contributed by atoms with Crippen LogP contribution in [0.25, 0.3) is 11.3 Å². The maximum Gasteiger partial charge on any atom is 0.180 e. The summed E-state index contributed by atoms with van der Waals surface area (Å²) in [5.41, 5.74) is 7.82. The third-order valence-corrected chi connectivity index (χ3v) is 3.00. The van der Waals surface area contributed by atoms with Crippen LogP contribution in [0.15, 0.2) is 43.0 Å². The maximum atomic E-state index is 5.72. The van der Waals surface area contributed by atoms with Crippen LogP contribution in [-0.4, -0.2) is 4.98 Å². The van der Waals surface area contributed by atoms with E-state index >= 15 is 0 Å². The molecule has 0 spiro atoms. The Hall–Kier alpha value is -1.61. The fraction of sp³-hybridized carbons (Fsp3) is 0.0833. The highest BCUT2D eigenvalue weighted by Crippen LogP contribution is 2.29. The molecule has 0 radical (unpaired) electrons. The van der Waals surface area contributed by atoms with E-state index in [2.05, 4.69) is 11.6 Å². The Kier molecular flexibility index (Phi) is 2.83. The molecule has 0 atom stereocenters. The zero-order chi connectivity index (χ0) is 10.7. The van der Waals surface area contributed by atoms with Crippen molar-refractivity contribution in [2.24, 2.45) is 0 Å². The Labute approximate surface area is 93.1 Å². The molecule has 0 saturated carbocycles. The van der Waals surface area contributed by atoms with Crippen LogP contribution in [0.3, 0.4) is 0 Å². The third kappa shape index (κ3) is 2.07. The van der Waals surface area contributed by atoms with Crippen molar-refractivity contribution in [3.05, 3.63) is 47.9 Å². The Morgan fingerprint density at radius 3 is 2.73 bits per heavy atom. The Bertz CT molecular complexity index is 460. The molecular formula is C12H12N2S. The van der Waals surface area contributed by atoms with Crippen LogP contribution >= 0.6 is 11.3 Å². The summed E-state index contributed by atoms with van der Waals surface area (Å²) in [6.07, 6.45) is 2.69.